The van der Waals surface area contributed by atoms with E-state index < -0.39 is 0 Å². The molecule has 1 saturated heterocycles. The lowest BCUT2D eigenvalue weighted by atomic mass is 9.75. The Morgan fingerprint density at radius 2 is 2.24 bits per heavy atom. The third kappa shape index (κ3) is 2.42. The Balaban J connectivity index is 2.17. The second-order valence-electron chi connectivity index (χ2n) is 5.20. The van der Waals surface area contributed by atoms with Gasteiger partial charge in [-0.1, -0.05) is 19.9 Å². The van der Waals surface area contributed by atoms with Crippen LogP contribution in [0.3, 0.4) is 0 Å². The van der Waals surface area contributed by atoms with Crippen LogP contribution in [0.1, 0.15) is 33.1 Å². The van der Waals surface area contributed by atoms with Crippen molar-refractivity contribution in [2.24, 2.45) is 16.3 Å². The maximum absolute atomic E-state index is 9.56. The molecule has 2 heterocycles. The van der Waals surface area contributed by atoms with Crippen molar-refractivity contribution in [1.82, 2.24) is 4.90 Å². The van der Waals surface area contributed by atoms with E-state index >= 15 is 0 Å². The molecule has 2 aliphatic rings. The Labute approximate surface area is 104 Å². The molecule has 0 N–H and O–H groups in total. The van der Waals surface area contributed by atoms with E-state index in [9.17, 15) is 5.26 Å². The number of aliphatic imine (C=N–C) groups is 1. The normalized spacial score (nSPS) is 28.5. The quantitative estimate of drug-likeness (QED) is 0.733. The summed E-state index contributed by atoms with van der Waals surface area (Å²) in [4.78, 5) is 6.90. The topological polar surface area (TPSA) is 39.4 Å². The first kappa shape index (κ1) is 12.3. The van der Waals surface area contributed by atoms with Gasteiger partial charge in [-0.25, -0.2) is 0 Å². The Morgan fingerprint density at radius 3 is 2.76 bits per heavy atom. The van der Waals surface area contributed by atoms with E-state index in [1.807, 2.05) is 6.21 Å². The molecule has 3 heteroatoms. The first-order chi connectivity index (χ1) is 8.20. The van der Waals surface area contributed by atoms with Crippen molar-refractivity contribution < 1.29 is 0 Å². The number of nitrogens with zero attached hydrogens (tertiary/aromatic N) is 3. The molecule has 0 aromatic heterocycles. The van der Waals surface area contributed by atoms with Crippen LogP contribution in [0.4, 0.5) is 0 Å². The summed E-state index contributed by atoms with van der Waals surface area (Å²) in [6, 6.07) is 2.54. The average molecular weight is 231 g/mol. The Morgan fingerprint density at radius 1 is 1.53 bits per heavy atom. The molecular weight excluding hydrogens is 210 g/mol. The van der Waals surface area contributed by atoms with Crippen molar-refractivity contribution in [3.05, 3.63) is 11.8 Å². The highest BCUT2D eigenvalue weighted by Crippen LogP contribution is 2.40. The number of rotatable bonds is 2. The third-order valence-electron chi connectivity index (χ3n) is 4.01. The number of hydrogen-bond acceptors (Lipinski definition) is 3. The predicted octanol–water partition coefficient (Wildman–Crippen LogP) is 2.61. The summed E-state index contributed by atoms with van der Waals surface area (Å²) in [5.74, 6) is 0.525. The lowest BCUT2D eigenvalue weighted by molar-refractivity contribution is 0.172. The summed E-state index contributed by atoms with van der Waals surface area (Å²) in [7, 11) is 0. The Kier molecular flexibility index (Phi) is 3.63. The van der Waals surface area contributed by atoms with Crippen molar-refractivity contribution in [1.29, 1.82) is 5.26 Å². The molecule has 2 rings (SSSR count). The molecule has 0 aromatic carbocycles. The molecule has 1 atom stereocenters. The number of nitriles is 1. The second-order valence-corrected chi connectivity index (χ2v) is 5.20. The largest absolute Gasteiger partial charge is 0.303 e. The van der Waals surface area contributed by atoms with Gasteiger partial charge in [0, 0.05) is 19.3 Å². The molecule has 0 bridgehead atoms. The van der Waals surface area contributed by atoms with E-state index in [-0.39, 0.29) is 5.41 Å². The van der Waals surface area contributed by atoms with Crippen molar-refractivity contribution in [2.45, 2.75) is 33.1 Å². The van der Waals surface area contributed by atoms with Crippen molar-refractivity contribution in [3.63, 3.8) is 0 Å². The van der Waals surface area contributed by atoms with E-state index in [1.165, 1.54) is 0 Å². The van der Waals surface area contributed by atoms with Crippen molar-refractivity contribution in [2.75, 3.05) is 19.6 Å². The standard InChI is InChI=1S/C14H21N3/c1-3-17-8-5-14(11-15,6-9-17)13-10-12(2)4-7-16-13/h7,10,12H,3-6,8-9H2,1-2H3. The van der Waals surface area contributed by atoms with Crippen LogP contribution in [0.15, 0.2) is 16.8 Å². The zero-order chi connectivity index (χ0) is 12.3. The summed E-state index contributed by atoms with van der Waals surface area (Å²) >= 11 is 0. The molecule has 2 aliphatic heterocycles. The molecule has 3 nitrogen and oxygen atoms in total. The lowest BCUT2D eigenvalue weighted by Gasteiger charge is -2.37. The Hall–Kier alpha value is -1.14. The first-order valence-corrected chi connectivity index (χ1v) is 6.58. The van der Waals surface area contributed by atoms with Gasteiger partial charge in [-0.05, 0) is 31.7 Å². The third-order valence-corrected chi connectivity index (χ3v) is 4.01. The van der Waals surface area contributed by atoms with Gasteiger partial charge in [-0.3, -0.25) is 4.99 Å². The summed E-state index contributed by atoms with van der Waals surface area (Å²) in [6.07, 6.45) is 7.03. The summed E-state index contributed by atoms with van der Waals surface area (Å²) in [6.45, 7) is 7.49. The molecular formula is C14H21N3. The van der Waals surface area contributed by atoms with Crippen LogP contribution in [0, 0.1) is 22.7 Å². The van der Waals surface area contributed by atoms with Crippen molar-refractivity contribution in [3.8, 4) is 6.07 Å². The van der Waals surface area contributed by atoms with E-state index in [2.05, 4.69) is 35.9 Å². The lowest BCUT2D eigenvalue weighted by Crippen LogP contribution is -2.40. The van der Waals surface area contributed by atoms with E-state index in [0.29, 0.717) is 5.92 Å². The highest BCUT2D eigenvalue weighted by Gasteiger charge is 2.38. The van der Waals surface area contributed by atoms with E-state index in [0.717, 1.165) is 44.6 Å². The van der Waals surface area contributed by atoms with Crippen LogP contribution >= 0.6 is 0 Å². The van der Waals surface area contributed by atoms with Crippen molar-refractivity contribution >= 4 is 6.21 Å². The van der Waals surface area contributed by atoms with Gasteiger partial charge in [0.2, 0.25) is 0 Å². The monoisotopic (exact) mass is 231 g/mol. The van der Waals surface area contributed by atoms with Crippen LogP contribution in [-0.2, 0) is 0 Å². The summed E-state index contributed by atoms with van der Waals surface area (Å²) in [5, 5.41) is 9.56. The number of likely N-dealkylation sites (tertiary alicyclic amines) is 1. The zero-order valence-corrected chi connectivity index (χ0v) is 10.8. The van der Waals surface area contributed by atoms with Gasteiger partial charge in [0.25, 0.3) is 0 Å². The summed E-state index contributed by atoms with van der Waals surface area (Å²) in [5.41, 5.74) is 0.700. The van der Waals surface area contributed by atoms with Crippen LogP contribution in [-0.4, -0.2) is 30.7 Å². The van der Waals surface area contributed by atoms with Gasteiger partial charge >= 0.3 is 0 Å². The first-order valence-electron chi connectivity index (χ1n) is 6.58. The number of hydrogen-bond donors (Lipinski definition) is 0. The molecule has 92 valence electrons. The number of piperidine rings is 1. The summed E-state index contributed by atoms with van der Waals surface area (Å²) < 4.78 is 0. The highest BCUT2D eigenvalue weighted by molar-refractivity contribution is 5.62. The van der Waals surface area contributed by atoms with Gasteiger partial charge in [-0.15, -0.1) is 0 Å². The van der Waals surface area contributed by atoms with Gasteiger partial charge in [0.1, 0.15) is 5.41 Å². The van der Waals surface area contributed by atoms with Gasteiger partial charge in [0.05, 0.1) is 11.8 Å². The van der Waals surface area contributed by atoms with Crippen LogP contribution in [0.2, 0.25) is 0 Å². The molecule has 0 aromatic rings. The second kappa shape index (κ2) is 5.01. The van der Waals surface area contributed by atoms with Crippen LogP contribution in [0.25, 0.3) is 0 Å². The fraction of sp³-hybridized carbons (Fsp3) is 0.714. The van der Waals surface area contributed by atoms with Crippen LogP contribution in [0.5, 0.6) is 0 Å². The minimum atomic E-state index is -0.323. The maximum Gasteiger partial charge on any atom is 0.101 e. The van der Waals surface area contributed by atoms with E-state index in [1.54, 1.807) is 0 Å². The highest BCUT2D eigenvalue weighted by atomic mass is 15.1. The molecule has 1 unspecified atom stereocenters. The minimum Gasteiger partial charge on any atom is -0.303 e. The molecule has 17 heavy (non-hydrogen) atoms. The molecule has 0 aliphatic carbocycles. The fourth-order valence-corrected chi connectivity index (χ4v) is 2.66. The van der Waals surface area contributed by atoms with Gasteiger partial charge in [0.15, 0.2) is 0 Å². The smallest absolute Gasteiger partial charge is 0.101 e. The molecule has 0 radical (unpaired) electrons. The molecule has 0 spiro atoms. The SMILES string of the molecule is CCN1CCC(C#N)(C2=CC(C)CC=N2)CC1. The number of allylic oxidation sites excluding steroid dienone is 2. The van der Waals surface area contributed by atoms with Gasteiger partial charge in [-0.2, -0.15) is 5.26 Å². The Bertz CT molecular complexity index is 367. The van der Waals surface area contributed by atoms with Crippen LogP contribution < -0.4 is 0 Å². The minimum absolute atomic E-state index is 0.323. The fourth-order valence-electron chi connectivity index (χ4n) is 2.66. The maximum atomic E-state index is 9.56. The molecule has 0 amide bonds. The molecule has 1 fully saturated rings. The predicted molar refractivity (Wildman–Crippen MR) is 69.8 cm³/mol. The van der Waals surface area contributed by atoms with Gasteiger partial charge < -0.3 is 4.90 Å². The zero-order valence-electron chi connectivity index (χ0n) is 10.8. The average Bonchev–Trinajstić information content (AvgIpc) is 2.39. The molecule has 0 saturated carbocycles. The van der Waals surface area contributed by atoms with E-state index in [4.69, 9.17) is 0 Å².